The van der Waals surface area contributed by atoms with Crippen molar-refractivity contribution >= 4 is 23.8 Å². The first-order valence-corrected chi connectivity index (χ1v) is 7.10. The Hall–Kier alpha value is -0.910. The number of amides is 2. The number of rotatable bonds is 2. The number of carbonyl (C=O) groups is 2. The van der Waals surface area contributed by atoms with E-state index in [4.69, 9.17) is 5.11 Å². The lowest BCUT2D eigenvalue weighted by Gasteiger charge is -2.30. The van der Waals surface area contributed by atoms with Crippen molar-refractivity contribution in [1.29, 1.82) is 0 Å². The number of thioether (sulfide) groups is 1. The van der Waals surface area contributed by atoms with Gasteiger partial charge in [0.15, 0.2) is 0 Å². The lowest BCUT2D eigenvalue weighted by Crippen LogP contribution is -2.49. The molecule has 1 aliphatic carbocycles. The Kier molecular flexibility index (Phi) is 3.81. The van der Waals surface area contributed by atoms with E-state index in [0.717, 1.165) is 12.8 Å². The topological polar surface area (TPSA) is 60.9 Å². The maximum absolute atomic E-state index is 12.2. The summed E-state index contributed by atoms with van der Waals surface area (Å²) in [4.78, 5) is 26.5. The van der Waals surface area contributed by atoms with Crippen LogP contribution in [0.15, 0.2) is 0 Å². The SMILES string of the molecule is CN(C(=O)N1CSC[C@H]1C(=O)O)C1CCCC1. The minimum Gasteiger partial charge on any atom is -0.480 e. The first-order chi connectivity index (χ1) is 8.11. The van der Waals surface area contributed by atoms with Crippen molar-refractivity contribution in [2.75, 3.05) is 18.7 Å². The number of carboxylic acid groups (broad SMARTS) is 1. The fourth-order valence-electron chi connectivity index (χ4n) is 2.49. The van der Waals surface area contributed by atoms with Crippen molar-refractivity contribution in [3.05, 3.63) is 0 Å². The molecule has 2 rings (SSSR count). The standard InChI is InChI=1S/C11H18N2O3S/c1-12(8-4-2-3-5-8)11(16)13-7-17-6-9(13)10(14)15/h8-9H,2-7H2,1H3,(H,14,15)/t9-/m0/s1. The first-order valence-electron chi connectivity index (χ1n) is 5.95. The average Bonchev–Trinajstić information content (AvgIpc) is 2.97. The van der Waals surface area contributed by atoms with Crippen molar-refractivity contribution in [1.82, 2.24) is 9.80 Å². The Balaban J connectivity index is 2.00. The summed E-state index contributed by atoms with van der Waals surface area (Å²) < 4.78 is 0. The highest BCUT2D eigenvalue weighted by Gasteiger charge is 2.37. The van der Waals surface area contributed by atoms with Crippen LogP contribution < -0.4 is 0 Å². The van der Waals surface area contributed by atoms with Gasteiger partial charge in [-0.2, -0.15) is 0 Å². The van der Waals surface area contributed by atoms with Crippen molar-refractivity contribution in [3.63, 3.8) is 0 Å². The molecule has 1 saturated carbocycles. The third kappa shape index (κ3) is 2.51. The Bertz CT molecular complexity index is 318. The maximum atomic E-state index is 12.2. The maximum Gasteiger partial charge on any atom is 0.327 e. The average molecular weight is 258 g/mol. The van der Waals surface area contributed by atoms with E-state index < -0.39 is 12.0 Å². The van der Waals surface area contributed by atoms with E-state index in [1.165, 1.54) is 29.5 Å². The predicted molar refractivity (Wildman–Crippen MR) is 66.0 cm³/mol. The molecule has 0 aromatic rings. The number of carbonyl (C=O) groups excluding carboxylic acids is 1. The molecule has 96 valence electrons. The van der Waals surface area contributed by atoms with Crippen molar-refractivity contribution in [3.8, 4) is 0 Å². The highest BCUT2D eigenvalue weighted by atomic mass is 32.2. The van der Waals surface area contributed by atoms with E-state index in [9.17, 15) is 9.59 Å². The van der Waals surface area contributed by atoms with Crippen LogP contribution in [0.25, 0.3) is 0 Å². The molecule has 6 heteroatoms. The van der Waals surface area contributed by atoms with E-state index in [-0.39, 0.29) is 6.03 Å². The normalized spacial score (nSPS) is 25.2. The molecule has 0 unspecified atom stereocenters. The molecule has 0 spiro atoms. The quantitative estimate of drug-likeness (QED) is 0.814. The second-order valence-corrected chi connectivity index (χ2v) is 5.66. The Morgan fingerprint density at radius 3 is 2.59 bits per heavy atom. The predicted octanol–water partition coefficient (Wildman–Crippen LogP) is 1.44. The van der Waals surface area contributed by atoms with Gasteiger partial charge in [0.25, 0.3) is 0 Å². The van der Waals surface area contributed by atoms with E-state index in [1.807, 2.05) is 0 Å². The molecule has 2 aliphatic rings. The highest BCUT2D eigenvalue weighted by Crippen LogP contribution is 2.27. The van der Waals surface area contributed by atoms with Gasteiger partial charge < -0.3 is 14.9 Å². The Morgan fingerprint density at radius 2 is 2.00 bits per heavy atom. The molecule has 1 aliphatic heterocycles. The van der Waals surface area contributed by atoms with Gasteiger partial charge >= 0.3 is 12.0 Å². The molecule has 1 saturated heterocycles. The van der Waals surface area contributed by atoms with Crippen LogP contribution in [0, 0.1) is 0 Å². The molecule has 0 bridgehead atoms. The van der Waals surface area contributed by atoms with Crippen LogP contribution in [0.5, 0.6) is 0 Å². The summed E-state index contributed by atoms with van der Waals surface area (Å²) in [5.74, 6) is 0.0927. The number of aliphatic carboxylic acids is 1. The summed E-state index contributed by atoms with van der Waals surface area (Å²) in [5, 5.41) is 9.05. The third-order valence-corrected chi connectivity index (χ3v) is 4.60. The summed E-state index contributed by atoms with van der Waals surface area (Å²) in [6.45, 7) is 0. The van der Waals surface area contributed by atoms with Gasteiger partial charge in [-0.15, -0.1) is 11.8 Å². The fourth-order valence-corrected chi connectivity index (χ4v) is 3.62. The van der Waals surface area contributed by atoms with Crippen LogP contribution >= 0.6 is 11.8 Å². The molecule has 1 heterocycles. The zero-order valence-electron chi connectivity index (χ0n) is 9.96. The first kappa shape index (κ1) is 12.5. The summed E-state index contributed by atoms with van der Waals surface area (Å²) in [6, 6.07) is -0.492. The summed E-state index contributed by atoms with van der Waals surface area (Å²) in [5.41, 5.74) is 0. The van der Waals surface area contributed by atoms with Gasteiger partial charge in [0, 0.05) is 18.8 Å². The largest absolute Gasteiger partial charge is 0.480 e. The second kappa shape index (κ2) is 5.16. The molecular weight excluding hydrogens is 240 g/mol. The number of hydrogen-bond donors (Lipinski definition) is 1. The van der Waals surface area contributed by atoms with Crippen LogP contribution in [-0.4, -0.2) is 57.7 Å². The molecular formula is C11H18N2O3S. The van der Waals surface area contributed by atoms with Gasteiger partial charge in [0.05, 0.1) is 5.88 Å². The summed E-state index contributed by atoms with van der Waals surface area (Å²) in [6.07, 6.45) is 4.42. The van der Waals surface area contributed by atoms with E-state index in [1.54, 1.807) is 11.9 Å². The van der Waals surface area contributed by atoms with Crippen molar-refractivity contribution in [2.24, 2.45) is 0 Å². The molecule has 0 aromatic heterocycles. The number of urea groups is 1. The van der Waals surface area contributed by atoms with Crippen LogP contribution in [-0.2, 0) is 4.79 Å². The molecule has 2 fully saturated rings. The minimum absolute atomic E-state index is 0.130. The molecule has 17 heavy (non-hydrogen) atoms. The van der Waals surface area contributed by atoms with Crippen LogP contribution in [0.2, 0.25) is 0 Å². The lowest BCUT2D eigenvalue weighted by molar-refractivity contribution is -0.140. The van der Waals surface area contributed by atoms with E-state index in [0.29, 0.717) is 17.7 Å². The molecule has 0 aromatic carbocycles. The third-order valence-electron chi connectivity index (χ3n) is 3.59. The molecule has 2 amide bonds. The van der Waals surface area contributed by atoms with E-state index >= 15 is 0 Å². The van der Waals surface area contributed by atoms with Gasteiger partial charge in [-0.1, -0.05) is 12.8 Å². The number of carboxylic acids is 1. The van der Waals surface area contributed by atoms with Crippen LogP contribution in [0.3, 0.4) is 0 Å². The summed E-state index contributed by atoms with van der Waals surface area (Å²) >= 11 is 1.50. The number of hydrogen-bond acceptors (Lipinski definition) is 3. The second-order valence-electron chi connectivity index (χ2n) is 4.66. The van der Waals surface area contributed by atoms with Gasteiger partial charge in [-0.05, 0) is 12.8 Å². The number of nitrogens with zero attached hydrogens (tertiary/aromatic N) is 2. The fraction of sp³-hybridized carbons (Fsp3) is 0.818. The smallest absolute Gasteiger partial charge is 0.327 e. The van der Waals surface area contributed by atoms with Gasteiger partial charge in [0.1, 0.15) is 6.04 Å². The molecule has 1 N–H and O–H groups in total. The molecule has 5 nitrogen and oxygen atoms in total. The Labute approximate surface area is 105 Å². The van der Waals surface area contributed by atoms with Crippen molar-refractivity contribution in [2.45, 2.75) is 37.8 Å². The molecule has 0 radical (unpaired) electrons. The van der Waals surface area contributed by atoms with Gasteiger partial charge in [0.2, 0.25) is 0 Å². The summed E-state index contributed by atoms with van der Waals surface area (Å²) in [7, 11) is 1.79. The van der Waals surface area contributed by atoms with Crippen molar-refractivity contribution < 1.29 is 14.7 Å². The van der Waals surface area contributed by atoms with Gasteiger partial charge in [-0.25, -0.2) is 9.59 Å². The highest BCUT2D eigenvalue weighted by molar-refractivity contribution is 7.99. The van der Waals surface area contributed by atoms with E-state index in [2.05, 4.69) is 0 Å². The monoisotopic (exact) mass is 258 g/mol. The zero-order valence-corrected chi connectivity index (χ0v) is 10.8. The van der Waals surface area contributed by atoms with Crippen LogP contribution in [0.4, 0.5) is 4.79 Å². The minimum atomic E-state index is -0.900. The van der Waals surface area contributed by atoms with Gasteiger partial charge in [-0.3, -0.25) is 0 Å². The zero-order chi connectivity index (χ0) is 12.4. The lowest BCUT2D eigenvalue weighted by atomic mass is 10.2. The van der Waals surface area contributed by atoms with Crippen LogP contribution in [0.1, 0.15) is 25.7 Å². The molecule has 1 atom stereocenters. The Morgan fingerprint density at radius 1 is 1.35 bits per heavy atom.